The molecule has 0 bridgehead atoms. The molecule has 0 aromatic rings. The van der Waals surface area contributed by atoms with Crippen LogP contribution in [-0.2, 0) is 0 Å². The van der Waals surface area contributed by atoms with Gasteiger partial charge in [-0.2, -0.15) is 13.2 Å². The number of carbonyl (C=O) groups excluding carboxylic acids is 1. The van der Waals surface area contributed by atoms with Gasteiger partial charge in [0.05, 0.1) is 5.92 Å². The molecular weight excluding hydrogens is 283 g/mol. The Morgan fingerprint density at radius 2 is 1.86 bits per heavy atom. The van der Waals surface area contributed by atoms with E-state index < -0.39 is 12.1 Å². The topological polar surface area (TPSA) is 35.6 Å². The fourth-order valence-electron chi connectivity index (χ4n) is 3.15. The number of hydrogen-bond acceptors (Lipinski definition) is 2. The molecule has 0 aromatic heterocycles. The van der Waals surface area contributed by atoms with Crippen molar-refractivity contribution in [2.24, 2.45) is 5.92 Å². The first-order valence-corrected chi connectivity index (χ1v) is 7.74. The number of nitrogens with one attached hydrogen (secondary N) is 1. The second-order valence-electron chi connectivity index (χ2n) is 5.97. The van der Waals surface area contributed by atoms with Crippen molar-refractivity contribution in [1.82, 2.24) is 15.1 Å². The number of rotatable bonds is 2. The predicted molar refractivity (Wildman–Crippen MR) is 74.0 cm³/mol. The van der Waals surface area contributed by atoms with Gasteiger partial charge in [0.1, 0.15) is 0 Å². The molecule has 0 spiro atoms. The molecule has 4 nitrogen and oxygen atoms in total. The first-order chi connectivity index (χ1) is 9.90. The summed E-state index contributed by atoms with van der Waals surface area (Å²) in [4.78, 5) is 16.1. The summed E-state index contributed by atoms with van der Waals surface area (Å²) in [7, 11) is 0. The number of carbonyl (C=O) groups is 1. The van der Waals surface area contributed by atoms with Gasteiger partial charge in [0.25, 0.3) is 0 Å². The van der Waals surface area contributed by atoms with E-state index in [1.54, 1.807) is 4.90 Å². The summed E-state index contributed by atoms with van der Waals surface area (Å²) in [5.74, 6) is -1.27. The average Bonchev–Trinajstić information content (AvgIpc) is 2.47. The average molecular weight is 307 g/mol. The standard InChI is InChI=1S/C14H24F3N3O/c1-2-19-6-8-20(9-7-19)13(21)18-12-5-3-4-11(10-12)14(15,16)17/h11-12H,2-10H2,1H3,(H,18,21). The van der Waals surface area contributed by atoms with Gasteiger partial charge in [-0.05, 0) is 25.8 Å². The Hall–Kier alpha value is -0.980. The van der Waals surface area contributed by atoms with E-state index in [-0.39, 0.29) is 24.9 Å². The van der Waals surface area contributed by atoms with Crippen molar-refractivity contribution >= 4 is 6.03 Å². The third kappa shape index (κ3) is 4.49. The molecule has 0 aromatic carbocycles. The lowest BCUT2D eigenvalue weighted by Crippen LogP contribution is -2.54. The summed E-state index contributed by atoms with van der Waals surface area (Å²) < 4.78 is 38.3. The summed E-state index contributed by atoms with van der Waals surface area (Å²) >= 11 is 0. The van der Waals surface area contributed by atoms with E-state index in [1.807, 2.05) is 0 Å². The fourth-order valence-corrected chi connectivity index (χ4v) is 3.15. The van der Waals surface area contributed by atoms with E-state index in [0.717, 1.165) is 19.6 Å². The number of nitrogens with zero attached hydrogens (tertiary/aromatic N) is 2. The van der Waals surface area contributed by atoms with Crippen molar-refractivity contribution in [2.75, 3.05) is 32.7 Å². The van der Waals surface area contributed by atoms with Gasteiger partial charge in [-0.3, -0.25) is 0 Å². The van der Waals surface area contributed by atoms with E-state index >= 15 is 0 Å². The quantitative estimate of drug-likeness (QED) is 0.850. The fraction of sp³-hybridized carbons (Fsp3) is 0.929. The van der Waals surface area contributed by atoms with Crippen LogP contribution in [0.2, 0.25) is 0 Å². The number of urea groups is 1. The van der Waals surface area contributed by atoms with E-state index in [9.17, 15) is 18.0 Å². The largest absolute Gasteiger partial charge is 0.391 e. The van der Waals surface area contributed by atoms with Crippen molar-refractivity contribution in [3.8, 4) is 0 Å². The lowest BCUT2D eigenvalue weighted by Gasteiger charge is -2.36. The first kappa shape index (κ1) is 16.4. The number of piperazine rings is 1. The van der Waals surface area contributed by atoms with Gasteiger partial charge < -0.3 is 15.1 Å². The van der Waals surface area contributed by atoms with Gasteiger partial charge in [0.2, 0.25) is 0 Å². The van der Waals surface area contributed by atoms with Crippen LogP contribution >= 0.6 is 0 Å². The Morgan fingerprint density at radius 1 is 1.19 bits per heavy atom. The maximum Gasteiger partial charge on any atom is 0.391 e. The minimum Gasteiger partial charge on any atom is -0.335 e. The van der Waals surface area contributed by atoms with Gasteiger partial charge in [-0.15, -0.1) is 0 Å². The highest BCUT2D eigenvalue weighted by molar-refractivity contribution is 5.74. The summed E-state index contributed by atoms with van der Waals surface area (Å²) in [6.45, 7) is 6.00. The van der Waals surface area contributed by atoms with Crippen LogP contribution in [0.15, 0.2) is 0 Å². The van der Waals surface area contributed by atoms with Crippen molar-refractivity contribution in [2.45, 2.75) is 44.8 Å². The summed E-state index contributed by atoms with van der Waals surface area (Å²) in [5, 5.41) is 2.79. The van der Waals surface area contributed by atoms with Crippen molar-refractivity contribution in [3.05, 3.63) is 0 Å². The molecule has 2 unspecified atom stereocenters. The maximum atomic E-state index is 12.8. The van der Waals surface area contributed by atoms with Gasteiger partial charge >= 0.3 is 12.2 Å². The number of halogens is 3. The zero-order valence-corrected chi connectivity index (χ0v) is 12.5. The third-order valence-corrected chi connectivity index (χ3v) is 4.57. The molecule has 122 valence electrons. The van der Waals surface area contributed by atoms with E-state index in [4.69, 9.17) is 0 Å². The SMILES string of the molecule is CCN1CCN(C(=O)NC2CCCC(C(F)(F)F)C2)CC1. The Balaban J connectivity index is 1.80. The van der Waals surface area contributed by atoms with Crippen molar-refractivity contribution in [1.29, 1.82) is 0 Å². The van der Waals surface area contributed by atoms with Crippen LogP contribution in [-0.4, -0.2) is 60.8 Å². The summed E-state index contributed by atoms with van der Waals surface area (Å²) in [6, 6.07) is -0.555. The van der Waals surface area contributed by atoms with Gasteiger partial charge in [-0.1, -0.05) is 13.3 Å². The Bertz CT molecular complexity index is 354. The highest BCUT2D eigenvalue weighted by Gasteiger charge is 2.42. The first-order valence-electron chi connectivity index (χ1n) is 7.74. The Morgan fingerprint density at radius 3 is 2.43 bits per heavy atom. The number of amides is 2. The number of likely N-dealkylation sites (N-methyl/N-ethyl adjacent to an activating group) is 1. The second kappa shape index (κ2) is 6.85. The molecule has 1 aliphatic heterocycles. The number of hydrogen-bond donors (Lipinski definition) is 1. The zero-order chi connectivity index (χ0) is 15.5. The molecule has 1 heterocycles. The highest BCUT2D eigenvalue weighted by atomic mass is 19.4. The molecule has 1 N–H and O–H groups in total. The molecule has 2 atom stereocenters. The third-order valence-electron chi connectivity index (χ3n) is 4.57. The zero-order valence-electron chi connectivity index (χ0n) is 12.5. The van der Waals surface area contributed by atoms with Crippen molar-refractivity contribution in [3.63, 3.8) is 0 Å². The van der Waals surface area contributed by atoms with Crippen LogP contribution in [0.1, 0.15) is 32.6 Å². The Kier molecular flexibility index (Phi) is 5.35. The van der Waals surface area contributed by atoms with E-state index in [0.29, 0.717) is 25.9 Å². The molecule has 1 saturated heterocycles. The molecule has 2 rings (SSSR count). The minimum atomic E-state index is -4.14. The molecule has 2 aliphatic rings. The normalized spacial score (nSPS) is 28.5. The predicted octanol–water partition coefficient (Wildman–Crippen LogP) is 2.45. The molecule has 7 heteroatoms. The minimum absolute atomic E-state index is 0.0180. The van der Waals surface area contributed by atoms with Gasteiger partial charge in [0.15, 0.2) is 0 Å². The lowest BCUT2D eigenvalue weighted by atomic mass is 9.85. The molecule has 1 saturated carbocycles. The van der Waals surface area contributed by atoms with E-state index in [2.05, 4.69) is 17.1 Å². The van der Waals surface area contributed by atoms with Crippen LogP contribution in [0, 0.1) is 5.92 Å². The van der Waals surface area contributed by atoms with Crippen LogP contribution in [0.4, 0.5) is 18.0 Å². The van der Waals surface area contributed by atoms with Crippen LogP contribution in [0.5, 0.6) is 0 Å². The molecule has 2 fully saturated rings. The van der Waals surface area contributed by atoms with Crippen molar-refractivity contribution < 1.29 is 18.0 Å². The molecular formula is C14H24F3N3O. The highest BCUT2D eigenvalue weighted by Crippen LogP contribution is 2.37. The smallest absolute Gasteiger partial charge is 0.335 e. The van der Waals surface area contributed by atoms with Crippen LogP contribution < -0.4 is 5.32 Å². The van der Waals surface area contributed by atoms with Gasteiger partial charge in [-0.25, -0.2) is 4.79 Å². The number of alkyl halides is 3. The maximum absolute atomic E-state index is 12.8. The summed E-state index contributed by atoms with van der Waals surface area (Å²) in [5.41, 5.74) is 0. The second-order valence-corrected chi connectivity index (χ2v) is 5.97. The van der Waals surface area contributed by atoms with E-state index in [1.165, 1.54) is 0 Å². The summed E-state index contributed by atoms with van der Waals surface area (Å²) in [6.07, 6.45) is -2.77. The molecule has 2 amide bonds. The molecule has 21 heavy (non-hydrogen) atoms. The lowest BCUT2D eigenvalue weighted by molar-refractivity contribution is -0.183. The molecule has 0 radical (unpaired) electrons. The monoisotopic (exact) mass is 307 g/mol. The molecule has 1 aliphatic carbocycles. The van der Waals surface area contributed by atoms with Gasteiger partial charge in [0, 0.05) is 32.2 Å². The Labute approximate surface area is 123 Å². The van der Waals surface area contributed by atoms with Crippen LogP contribution in [0.3, 0.4) is 0 Å². The van der Waals surface area contributed by atoms with Crippen LogP contribution in [0.25, 0.3) is 0 Å².